The first-order valence-electron chi connectivity index (χ1n) is 10.3. The van der Waals surface area contributed by atoms with E-state index in [9.17, 15) is 0 Å². The van der Waals surface area contributed by atoms with Crippen molar-refractivity contribution in [2.75, 3.05) is 7.11 Å². The molecule has 4 aromatic rings. The molecule has 4 rings (SSSR count). The zero-order chi connectivity index (χ0) is 20.8. The Hall–Kier alpha value is -3.30. The first-order valence-corrected chi connectivity index (χ1v) is 10.3. The molecule has 0 unspecified atom stereocenters. The number of fused-ring (bicyclic) bond motifs is 1. The average Bonchev–Trinajstić information content (AvgIpc) is 2.80. The van der Waals surface area contributed by atoms with Gasteiger partial charge in [-0.15, -0.1) is 0 Å². The molecule has 30 heavy (non-hydrogen) atoms. The predicted molar refractivity (Wildman–Crippen MR) is 123 cm³/mol. The van der Waals surface area contributed by atoms with E-state index in [0.717, 1.165) is 24.6 Å². The van der Waals surface area contributed by atoms with Crippen molar-refractivity contribution < 1.29 is 9.47 Å². The lowest BCUT2D eigenvalue weighted by Crippen LogP contribution is -2.14. The summed E-state index contributed by atoms with van der Waals surface area (Å²) in [4.78, 5) is 0. The number of hydrogen-bond donors (Lipinski definition) is 1. The van der Waals surface area contributed by atoms with Gasteiger partial charge in [-0.3, -0.25) is 0 Å². The standard InChI is InChI=1S/C27H27NO2/c1-20-7-9-22(10-8-20)19-30-27-16-13-23-5-3-4-6-25(23)26(27)18-28-17-21-11-14-24(29-2)15-12-21/h3-16,28H,17-19H2,1-2H3. The fourth-order valence-electron chi connectivity index (χ4n) is 3.55. The van der Waals surface area contributed by atoms with Crippen LogP contribution >= 0.6 is 0 Å². The second-order valence-electron chi connectivity index (χ2n) is 7.49. The summed E-state index contributed by atoms with van der Waals surface area (Å²) >= 11 is 0. The summed E-state index contributed by atoms with van der Waals surface area (Å²) in [5, 5.41) is 6.02. The molecule has 3 heteroatoms. The maximum absolute atomic E-state index is 6.25. The van der Waals surface area contributed by atoms with E-state index in [-0.39, 0.29) is 0 Å². The second-order valence-corrected chi connectivity index (χ2v) is 7.49. The molecule has 0 fully saturated rings. The third-order valence-electron chi connectivity index (χ3n) is 5.30. The van der Waals surface area contributed by atoms with Gasteiger partial charge in [0.05, 0.1) is 7.11 Å². The van der Waals surface area contributed by atoms with Crippen LogP contribution in [0.2, 0.25) is 0 Å². The van der Waals surface area contributed by atoms with E-state index in [4.69, 9.17) is 9.47 Å². The van der Waals surface area contributed by atoms with Gasteiger partial charge in [-0.05, 0) is 47.0 Å². The Morgan fingerprint density at radius 2 is 1.47 bits per heavy atom. The summed E-state index contributed by atoms with van der Waals surface area (Å²) in [6, 6.07) is 29.3. The smallest absolute Gasteiger partial charge is 0.124 e. The molecule has 152 valence electrons. The topological polar surface area (TPSA) is 30.5 Å². The Morgan fingerprint density at radius 3 is 2.23 bits per heavy atom. The molecule has 0 bridgehead atoms. The van der Waals surface area contributed by atoms with Crippen LogP contribution in [-0.2, 0) is 19.7 Å². The molecule has 0 heterocycles. The molecule has 0 atom stereocenters. The summed E-state index contributed by atoms with van der Waals surface area (Å²) in [6.07, 6.45) is 0. The van der Waals surface area contributed by atoms with Crippen LogP contribution in [-0.4, -0.2) is 7.11 Å². The molecule has 0 saturated carbocycles. The Balaban J connectivity index is 1.51. The van der Waals surface area contributed by atoms with Crippen LogP contribution in [0.25, 0.3) is 10.8 Å². The van der Waals surface area contributed by atoms with Crippen LogP contribution in [0, 0.1) is 6.92 Å². The van der Waals surface area contributed by atoms with E-state index in [2.05, 4.69) is 85.0 Å². The maximum atomic E-state index is 6.25. The molecule has 0 saturated heterocycles. The highest BCUT2D eigenvalue weighted by molar-refractivity contribution is 5.87. The van der Waals surface area contributed by atoms with Crippen LogP contribution in [0.5, 0.6) is 11.5 Å². The van der Waals surface area contributed by atoms with Crippen molar-refractivity contribution >= 4 is 10.8 Å². The summed E-state index contributed by atoms with van der Waals surface area (Å²) < 4.78 is 11.5. The minimum absolute atomic E-state index is 0.560. The molecule has 1 N–H and O–H groups in total. The lowest BCUT2D eigenvalue weighted by molar-refractivity contribution is 0.302. The van der Waals surface area contributed by atoms with Gasteiger partial charge in [0.25, 0.3) is 0 Å². The van der Waals surface area contributed by atoms with Crippen LogP contribution in [0.1, 0.15) is 22.3 Å². The molecule has 0 aliphatic rings. The molecule has 0 amide bonds. The number of ether oxygens (including phenoxy) is 2. The van der Waals surface area contributed by atoms with Crippen LogP contribution < -0.4 is 14.8 Å². The Morgan fingerprint density at radius 1 is 0.733 bits per heavy atom. The summed E-state index contributed by atoms with van der Waals surface area (Å²) in [7, 11) is 1.69. The summed E-state index contributed by atoms with van der Waals surface area (Å²) in [5.41, 5.74) is 4.84. The van der Waals surface area contributed by atoms with E-state index < -0.39 is 0 Å². The molecule has 4 aromatic carbocycles. The van der Waals surface area contributed by atoms with Gasteiger partial charge in [0.2, 0.25) is 0 Å². The Kier molecular flexibility index (Phi) is 6.31. The van der Waals surface area contributed by atoms with Crippen molar-refractivity contribution in [2.24, 2.45) is 0 Å². The molecule has 0 spiro atoms. The van der Waals surface area contributed by atoms with Crippen molar-refractivity contribution in [3.05, 3.63) is 107 Å². The van der Waals surface area contributed by atoms with Crippen LogP contribution in [0.3, 0.4) is 0 Å². The van der Waals surface area contributed by atoms with E-state index in [0.29, 0.717) is 6.61 Å². The third-order valence-corrected chi connectivity index (χ3v) is 5.30. The van der Waals surface area contributed by atoms with Crippen molar-refractivity contribution in [1.29, 1.82) is 0 Å². The molecule has 0 aliphatic heterocycles. The highest BCUT2D eigenvalue weighted by Gasteiger charge is 2.09. The highest BCUT2D eigenvalue weighted by atomic mass is 16.5. The van der Waals surface area contributed by atoms with Crippen molar-refractivity contribution in [3.8, 4) is 11.5 Å². The molecular weight excluding hydrogens is 370 g/mol. The van der Waals surface area contributed by atoms with Crippen molar-refractivity contribution in [3.63, 3.8) is 0 Å². The highest BCUT2D eigenvalue weighted by Crippen LogP contribution is 2.29. The molecule has 0 aliphatic carbocycles. The van der Waals surface area contributed by atoms with Gasteiger partial charge in [0, 0.05) is 18.7 Å². The number of hydrogen-bond acceptors (Lipinski definition) is 3. The number of nitrogens with one attached hydrogen (secondary N) is 1. The number of methoxy groups -OCH3 is 1. The second kappa shape index (κ2) is 9.47. The van der Waals surface area contributed by atoms with Gasteiger partial charge in [-0.25, -0.2) is 0 Å². The SMILES string of the molecule is COc1ccc(CNCc2c(OCc3ccc(C)cc3)ccc3ccccc23)cc1. The van der Waals surface area contributed by atoms with E-state index in [1.165, 1.54) is 33.0 Å². The van der Waals surface area contributed by atoms with Gasteiger partial charge in [0.1, 0.15) is 18.1 Å². The van der Waals surface area contributed by atoms with Gasteiger partial charge in [0.15, 0.2) is 0 Å². The molecule has 0 aromatic heterocycles. The maximum Gasteiger partial charge on any atom is 0.124 e. The molecule has 0 radical (unpaired) electrons. The first kappa shape index (κ1) is 20.0. The van der Waals surface area contributed by atoms with Crippen LogP contribution in [0.15, 0.2) is 84.9 Å². The van der Waals surface area contributed by atoms with Crippen molar-refractivity contribution in [1.82, 2.24) is 5.32 Å². The lowest BCUT2D eigenvalue weighted by atomic mass is 10.0. The molecule has 3 nitrogen and oxygen atoms in total. The zero-order valence-corrected chi connectivity index (χ0v) is 17.5. The van der Waals surface area contributed by atoms with Gasteiger partial charge >= 0.3 is 0 Å². The quantitative estimate of drug-likeness (QED) is 0.394. The van der Waals surface area contributed by atoms with Gasteiger partial charge in [-0.1, -0.05) is 72.3 Å². The number of benzene rings is 4. The fraction of sp³-hybridized carbons (Fsp3) is 0.185. The summed E-state index contributed by atoms with van der Waals surface area (Å²) in [6.45, 7) is 4.17. The third kappa shape index (κ3) is 4.81. The molecular formula is C27H27NO2. The van der Waals surface area contributed by atoms with Gasteiger partial charge < -0.3 is 14.8 Å². The predicted octanol–water partition coefficient (Wildman–Crippen LogP) is 6.03. The van der Waals surface area contributed by atoms with Crippen LogP contribution in [0.4, 0.5) is 0 Å². The van der Waals surface area contributed by atoms with Gasteiger partial charge in [-0.2, -0.15) is 0 Å². The monoisotopic (exact) mass is 397 g/mol. The largest absolute Gasteiger partial charge is 0.497 e. The average molecular weight is 398 g/mol. The summed E-state index contributed by atoms with van der Waals surface area (Å²) in [5.74, 6) is 1.80. The Bertz CT molecular complexity index is 1100. The van der Waals surface area contributed by atoms with E-state index in [1.807, 2.05) is 12.1 Å². The van der Waals surface area contributed by atoms with Crippen molar-refractivity contribution in [2.45, 2.75) is 26.6 Å². The fourth-order valence-corrected chi connectivity index (χ4v) is 3.55. The van der Waals surface area contributed by atoms with E-state index in [1.54, 1.807) is 7.11 Å². The Labute approximate surface area is 178 Å². The number of aryl methyl sites for hydroxylation is 1. The zero-order valence-electron chi connectivity index (χ0n) is 17.5. The first-order chi connectivity index (χ1) is 14.7. The lowest BCUT2D eigenvalue weighted by Gasteiger charge is -2.15. The minimum atomic E-state index is 0.560. The minimum Gasteiger partial charge on any atom is -0.497 e. The van der Waals surface area contributed by atoms with E-state index >= 15 is 0 Å². The normalized spacial score (nSPS) is 10.9. The number of rotatable bonds is 8.